The van der Waals surface area contributed by atoms with Gasteiger partial charge < -0.3 is 4.74 Å². The number of Topliss-reactive ketones (excluding diaryl/α,β-unsaturated/α-hetero) is 1. The number of carbonyl (C=O) groups is 1. The van der Waals surface area contributed by atoms with Crippen LogP contribution in [0.2, 0.25) is 10.0 Å². The van der Waals surface area contributed by atoms with Crippen LogP contribution in [-0.2, 0) is 11.2 Å². The monoisotopic (exact) mass is 340 g/mol. The van der Waals surface area contributed by atoms with Crippen molar-refractivity contribution in [2.75, 3.05) is 12.9 Å². The highest BCUT2D eigenvalue weighted by atomic mass is 35.5. The van der Waals surface area contributed by atoms with Gasteiger partial charge in [-0.2, -0.15) is 0 Å². The first kappa shape index (κ1) is 16.2. The molecule has 0 bridgehead atoms. The summed E-state index contributed by atoms with van der Waals surface area (Å²) < 4.78 is 5.24. The lowest BCUT2D eigenvalue weighted by Gasteiger charge is -2.08. The van der Waals surface area contributed by atoms with E-state index in [1.54, 1.807) is 25.3 Å². The lowest BCUT2D eigenvalue weighted by molar-refractivity contribution is -0.116. The van der Waals surface area contributed by atoms with Crippen molar-refractivity contribution in [3.05, 3.63) is 58.1 Å². The smallest absolute Gasteiger partial charge is 0.147 e. The molecule has 0 aliphatic rings. The van der Waals surface area contributed by atoms with Gasteiger partial charge >= 0.3 is 0 Å². The van der Waals surface area contributed by atoms with Crippen LogP contribution in [0.25, 0.3) is 0 Å². The van der Waals surface area contributed by atoms with Gasteiger partial charge in [-0.15, -0.1) is 11.8 Å². The van der Waals surface area contributed by atoms with Gasteiger partial charge in [0.05, 0.1) is 17.9 Å². The number of methoxy groups -OCH3 is 1. The number of thioether (sulfide) groups is 1. The fourth-order valence-electron chi connectivity index (χ4n) is 1.87. The number of ether oxygens (including phenoxy) is 1. The van der Waals surface area contributed by atoms with Gasteiger partial charge in [0, 0.05) is 21.9 Å². The van der Waals surface area contributed by atoms with Gasteiger partial charge in [0.2, 0.25) is 0 Å². The first-order chi connectivity index (χ1) is 10.1. The molecule has 0 amide bonds. The molecule has 0 N–H and O–H groups in total. The van der Waals surface area contributed by atoms with E-state index < -0.39 is 0 Å². The molecule has 0 radical (unpaired) electrons. The van der Waals surface area contributed by atoms with E-state index in [1.807, 2.05) is 24.3 Å². The Morgan fingerprint density at radius 1 is 1.19 bits per heavy atom. The molecule has 2 aromatic rings. The van der Waals surface area contributed by atoms with Crippen molar-refractivity contribution in [3.8, 4) is 5.75 Å². The van der Waals surface area contributed by atoms with Crippen molar-refractivity contribution in [3.63, 3.8) is 0 Å². The van der Waals surface area contributed by atoms with Crippen LogP contribution in [-0.4, -0.2) is 18.6 Å². The predicted molar refractivity (Wildman–Crippen MR) is 88.9 cm³/mol. The molecular weight excluding hydrogens is 327 g/mol. The third kappa shape index (κ3) is 4.67. The molecule has 21 heavy (non-hydrogen) atoms. The fraction of sp³-hybridized carbons (Fsp3) is 0.188. The molecule has 0 aliphatic heterocycles. The molecule has 2 nitrogen and oxygen atoms in total. The first-order valence-corrected chi connectivity index (χ1v) is 8.05. The van der Waals surface area contributed by atoms with Crippen molar-refractivity contribution in [2.45, 2.75) is 11.3 Å². The van der Waals surface area contributed by atoms with Crippen LogP contribution in [0, 0.1) is 0 Å². The van der Waals surface area contributed by atoms with Gasteiger partial charge in [0.25, 0.3) is 0 Å². The second kappa shape index (κ2) is 7.74. The van der Waals surface area contributed by atoms with E-state index in [0.29, 0.717) is 28.0 Å². The Labute approximate surface area is 138 Å². The van der Waals surface area contributed by atoms with Crippen LogP contribution in [0.1, 0.15) is 5.56 Å². The van der Waals surface area contributed by atoms with Gasteiger partial charge in [0.1, 0.15) is 11.5 Å². The maximum absolute atomic E-state index is 12.1. The lowest BCUT2D eigenvalue weighted by Crippen LogP contribution is -2.07. The molecular formula is C16H14Cl2O2S. The summed E-state index contributed by atoms with van der Waals surface area (Å²) in [6, 6.07) is 12.8. The average molecular weight is 341 g/mol. The minimum atomic E-state index is 0.0977. The van der Waals surface area contributed by atoms with E-state index in [2.05, 4.69) is 0 Å². The largest absolute Gasteiger partial charge is 0.496 e. The molecule has 0 aromatic heterocycles. The van der Waals surface area contributed by atoms with Crippen LogP contribution in [0.3, 0.4) is 0 Å². The minimum absolute atomic E-state index is 0.0977. The summed E-state index contributed by atoms with van der Waals surface area (Å²) in [6.45, 7) is 0. The van der Waals surface area contributed by atoms with E-state index >= 15 is 0 Å². The Balaban J connectivity index is 1.99. The average Bonchev–Trinajstić information content (AvgIpc) is 2.47. The normalized spacial score (nSPS) is 10.4. The molecule has 0 atom stereocenters. The number of rotatable bonds is 6. The highest BCUT2D eigenvalue weighted by molar-refractivity contribution is 8.00. The van der Waals surface area contributed by atoms with Crippen LogP contribution in [0.5, 0.6) is 5.75 Å². The number of carbonyl (C=O) groups excluding carboxylic acids is 1. The molecule has 0 fully saturated rings. The lowest BCUT2D eigenvalue weighted by atomic mass is 10.1. The number of hydrogen-bond acceptors (Lipinski definition) is 3. The molecule has 0 saturated carbocycles. The van der Waals surface area contributed by atoms with Crippen LogP contribution in [0.4, 0.5) is 0 Å². The number of ketones is 1. The molecule has 110 valence electrons. The fourth-order valence-corrected chi connectivity index (χ4v) is 3.16. The molecule has 0 aliphatic carbocycles. The standard InChI is InChI=1S/C16H14Cl2O2S/c1-20-15-7-6-12(17)8-11(15)9-13(19)10-21-16-5-3-2-4-14(16)18/h2-8H,9-10H2,1H3. The summed E-state index contributed by atoms with van der Waals surface area (Å²) in [5.41, 5.74) is 0.801. The van der Waals surface area contributed by atoms with E-state index in [0.717, 1.165) is 10.5 Å². The van der Waals surface area contributed by atoms with E-state index in [-0.39, 0.29) is 5.78 Å². The molecule has 2 rings (SSSR count). The Hall–Kier alpha value is -1.16. The summed E-state index contributed by atoms with van der Waals surface area (Å²) in [5, 5.41) is 1.26. The minimum Gasteiger partial charge on any atom is -0.496 e. The van der Waals surface area contributed by atoms with Crippen molar-refractivity contribution in [1.29, 1.82) is 0 Å². The van der Waals surface area contributed by atoms with Gasteiger partial charge in [-0.25, -0.2) is 0 Å². The second-order valence-corrected chi connectivity index (χ2v) is 6.25. The summed E-state index contributed by atoms with van der Waals surface area (Å²) in [5.74, 6) is 1.13. The maximum atomic E-state index is 12.1. The van der Waals surface area contributed by atoms with Crippen LogP contribution in [0.15, 0.2) is 47.4 Å². The van der Waals surface area contributed by atoms with Crippen molar-refractivity contribution in [1.82, 2.24) is 0 Å². The summed E-state index contributed by atoms with van der Waals surface area (Å²) in [7, 11) is 1.58. The van der Waals surface area contributed by atoms with Crippen molar-refractivity contribution >= 4 is 40.7 Å². The highest BCUT2D eigenvalue weighted by Gasteiger charge is 2.11. The second-order valence-electron chi connectivity index (χ2n) is 4.39. The van der Waals surface area contributed by atoms with E-state index in [4.69, 9.17) is 27.9 Å². The zero-order valence-electron chi connectivity index (χ0n) is 11.4. The Bertz CT molecular complexity index is 644. The van der Waals surface area contributed by atoms with Gasteiger partial charge in [-0.3, -0.25) is 4.79 Å². The quantitative estimate of drug-likeness (QED) is 0.699. The Morgan fingerprint density at radius 3 is 2.67 bits per heavy atom. The maximum Gasteiger partial charge on any atom is 0.147 e. The van der Waals surface area contributed by atoms with Crippen molar-refractivity contribution in [2.24, 2.45) is 0 Å². The SMILES string of the molecule is COc1ccc(Cl)cc1CC(=O)CSc1ccccc1Cl. The Morgan fingerprint density at radius 2 is 1.95 bits per heavy atom. The van der Waals surface area contributed by atoms with E-state index in [1.165, 1.54) is 11.8 Å². The van der Waals surface area contributed by atoms with Crippen molar-refractivity contribution < 1.29 is 9.53 Å². The number of hydrogen-bond donors (Lipinski definition) is 0. The van der Waals surface area contributed by atoms with Gasteiger partial charge in [-0.1, -0.05) is 35.3 Å². The van der Waals surface area contributed by atoms with E-state index in [9.17, 15) is 4.79 Å². The number of benzene rings is 2. The third-order valence-corrected chi connectivity index (χ3v) is 4.67. The molecule has 0 spiro atoms. The molecule has 0 unspecified atom stereocenters. The first-order valence-electron chi connectivity index (χ1n) is 6.31. The topological polar surface area (TPSA) is 26.3 Å². The van der Waals surface area contributed by atoms with Crippen LogP contribution >= 0.6 is 35.0 Å². The molecule has 0 heterocycles. The van der Waals surface area contributed by atoms with Gasteiger partial charge in [0.15, 0.2) is 0 Å². The number of halogens is 2. The summed E-state index contributed by atoms with van der Waals surface area (Å²) in [4.78, 5) is 13.0. The zero-order valence-corrected chi connectivity index (χ0v) is 13.8. The summed E-state index contributed by atoms with van der Waals surface area (Å²) in [6.07, 6.45) is 0.293. The van der Waals surface area contributed by atoms with Gasteiger partial charge in [-0.05, 0) is 30.3 Å². The van der Waals surface area contributed by atoms with Crippen LogP contribution < -0.4 is 4.74 Å². The molecule has 5 heteroatoms. The molecule has 0 saturated heterocycles. The Kier molecular flexibility index (Phi) is 5.97. The third-order valence-electron chi connectivity index (χ3n) is 2.86. The molecule has 2 aromatic carbocycles. The predicted octanol–water partition coefficient (Wildman–Crippen LogP) is 4.91. The highest BCUT2D eigenvalue weighted by Crippen LogP contribution is 2.28. The zero-order chi connectivity index (χ0) is 15.2. The summed E-state index contributed by atoms with van der Waals surface area (Å²) >= 11 is 13.5.